The Labute approximate surface area is 255 Å². The van der Waals surface area contributed by atoms with Crippen molar-refractivity contribution in [1.82, 2.24) is 20.5 Å². The normalized spacial score (nSPS) is 16.7. The second-order valence-corrected chi connectivity index (χ2v) is 12.0. The van der Waals surface area contributed by atoms with Gasteiger partial charge in [-0.1, -0.05) is 41.4 Å². The van der Waals surface area contributed by atoms with E-state index in [1.54, 1.807) is 18.2 Å². The van der Waals surface area contributed by atoms with Crippen molar-refractivity contribution in [2.45, 2.75) is 44.3 Å². The molecule has 0 spiro atoms. The minimum Gasteiger partial charge on any atom is -0.371 e. The monoisotopic (exact) mass is 601 g/mol. The third kappa shape index (κ3) is 6.03. The molecular weight excluding hydrogens is 569 g/mol. The van der Waals surface area contributed by atoms with Gasteiger partial charge < -0.3 is 20.4 Å². The number of aryl methyl sites for hydroxylation is 1. The minimum absolute atomic E-state index is 0.0157. The van der Waals surface area contributed by atoms with Crippen molar-refractivity contribution in [2.75, 3.05) is 25.0 Å². The molecule has 0 radical (unpaired) electrons. The molecule has 9 heteroatoms. The Morgan fingerprint density at radius 3 is 2.62 bits per heavy atom. The van der Waals surface area contributed by atoms with Crippen molar-refractivity contribution < 1.29 is 9.59 Å². The fourth-order valence-corrected chi connectivity index (χ4v) is 6.56. The minimum atomic E-state index is -0.275. The van der Waals surface area contributed by atoms with Crippen LogP contribution in [0, 0.1) is 0 Å². The predicted molar refractivity (Wildman–Crippen MR) is 168 cm³/mol. The maximum atomic E-state index is 13.6. The summed E-state index contributed by atoms with van der Waals surface area (Å²) in [6, 6.07) is 19.4. The lowest BCUT2D eigenvalue weighted by Crippen LogP contribution is -2.45. The van der Waals surface area contributed by atoms with E-state index < -0.39 is 0 Å². The van der Waals surface area contributed by atoms with Crippen molar-refractivity contribution >= 4 is 51.6 Å². The molecule has 6 rings (SSSR count). The van der Waals surface area contributed by atoms with E-state index in [1.165, 1.54) is 16.6 Å². The second-order valence-electron chi connectivity index (χ2n) is 11.1. The topological polar surface area (TPSA) is 77.6 Å². The van der Waals surface area contributed by atoms with Crippen molar-refractivity contribution in [2.24, 2.45) is 0 Å². The van der Waals surface area contributed by atoms with Crippen LogP contribution in [0.15, 0.2) is 73.1 Å². The molecule has 1 aliphatic carbocycles. The number of halogens is 2. The van der Waals surface area contributed by atoms with Gasteiger partial charge in [-0.05, 0) is 90.2 Å². The van der Waals surface area contributed by atoms with Gasteiger partial charge in [0, 0.05) is 71.8 Å². The largest absolute Gasteiger partial charge is 0.371 e. The maximum Gasteiger partial charge on any atom is 0.315 e. The molecule has 216 valence electrons. The Balaban J connectivity index is 1.06. The van der Waals surface area contributed by atoms with E-state index in [0.717, 1.165) is 55.3 Å². The number of anilines is 1. The van der Waals surface area contributed by atoms with Crippen LogP contribution in [0.5, 0.6) is 0 Å². The van der Waals surface area contributed by atoms with E-state index in [1.807, 2.05) is 48.6 Å². The van der Waals surface area contributed by atoms with Crippen LogP contribution in [0.4, 0.5) is 10.5 Å². The zero-order valence-corrected chi connectivity index (χ0v) is 25.0. The zero-order valence-electron chi connectivity index (χ0n) is 23.4. The number of rotatable bonds is 6. The summed E-state index contributed by atoms with van der Waals surface area (Å²) in [6.07, 6.45) is 7.17. The highest BCUT2D eigenvalue weighted by Gasteiger charge is 2.29. The molecule has 1 unspecified atom stereocenters. The Morgan fingerprint density at radius 1 is 0.976 bits per heavy atom. The lowest BCUT2D eigenvalue weighted by Gasteiger charge is -2.38. The molecule has 2 N–H and O–H groups in total. The number of carbonyl (C=O) groups excluding carboxylic acids is 2. The highest BCUT2D eigenvalue weighted by atomic mass is 35.5. The third-order valence-corrected chi connectivity index (χ3v) is 9.14. The molecule has 2 aliphatic rings. The van der Waals surface area contributed by atoms with Crippen LogP contribution < -0.4 is 15.5 Å². The highest BCUT2D eigenvalue weighted by Crippen LogP contribution is 2.33. The molecule has 1 aliphatic heterocycles. The number of piperidine rings is 1. The average Bonchev–Trinajstić information content (AvgIpc) is 3.41. The summed E-state index contributed by atoms with van der Waals surface area (Å²) in [5, 5.41) is 9.34. The van der Waals surface area contributed by atoms with Crippen LogP contribution in [0.25, 0.3) is 10.8 Å². The summed E-state index contributed by atoms with van der Waals surface area (Å²) in [5.74, 6) is 0.0157. The molecule has 3 amide bonds. The van der Waals surface area contributed by atoms with E-state index in [2.05, 4.69) is 38.7 Å². The van der Waals surface area contributed by atoms with Crippen LogP contribution in [0.1, 0.15) is 52.4 Å². The number of benzene rings is 3. The quantitative estimate of drug-likeness (QED) is 0.256. The second kappa shape index (κ2) is 12.2. The fraction of sp³-hybridized carbons (Fsp3) is 0.303. The van der Waals surface area contributed by atoms with Crippen LogP contribution in [0.3, 0.4) is 0 Å². The fourth-order valence-electron chi connectivity index (χ4n) is 6.08. The van der Waals surface area contributed by atoms with Gasteiger partial charge in [0.1, 0.15) is 0 Å². The SMILES string of the molecule is CN(C(=O)c1ccc2c(c1)C(NC(=O)NCc1ccc(Cl)cc1Cl)CC2)C1CCN(c2ccc3cnccc3c2)CC1. The summed E-state index contributed by atoms with van der Waals surface area (Å²) in [4.78, 5) is 34.8. The van der Waals surface area contributed by atoms with Crippen molar-refractivity contribution in [1.29, 1.82) is 0 Å². The van der Waals surface area contributed by atoms with Crippen LogP contribution in [-0.2, 0) is 13.0 Å². The summed E-state index contributed by atoms with van der Waals surface area (Å²) < 4.78 is 0. The van der Waals surface area contributed by atoms with Gasteiger partial charge in [-0.3, -0.25) is 9.78 Å². The molecule has 2 heterocycles. The molecule has 1 fully saturated rings. The zero-order chi connectivity index (χ0) is 29.2. The van der Waals surface area contributed by atoms with Gasteiger partial charge in [0.25, 0.3) is 5.91 Å². The number of aromatic nitrogens is 1. The van der Waals surface area contributed by atoms with Crippen molar-refractivity contribution in [3.8, 4) is 0 Å². The number of nitrogens with one attached hydrogen (secondary N) is 2. The first-order chi connectivity index (χ1) is 20.4. The molecule has 0 saturated carbocycles. The molecule has 4 aromatic rings. The van der Waals surface area contributed by atoms with E-state index in [-0.39, 0.29) is 24.0 Å². The van der Waals surface area contributed by atoms with Crippen molar-refractivity contribution in [3.63, 3.8) is 0 Å². The van der Waals surface area contributed by atoms with Gasteiger partial charge in [-0.2, -0.15) is 0 Å². The summed E-state index contributed by atoms with van der Waals surface area (Å²) in [6.45, 7) is 2.08. The number of fused-ring (bicyclic) bond motifs is 2. The smallest absolute Gasteiger partial charge is 0.315 e. The maximum absolute atomic E-state index is 13.6. The van der Waals surface area contributed by atoms with E-state index in [4.69, 9.17) is 23.2 Å². The summed E-state index contributed by atoms with van der Waals surface area (Å²) >= 11 is 12.2. The number of carbonyl (C=O) groups is 2. The molecule has 1 saturated heterocycles. The summed E-state index contributed by atoms with van der Waals surface area (Å²) in [5.41, 5.74) is 4.83. The molecular formula is C33H33Cl2N5O2. The number of nitrogens with zero attached hydrogens (tertiary/aromatic N) is 3. The molecule has 3 aromatic carbocycles. The Morgan fingerprint density at radius 2 is 1.81 bits per heavy atom. The van der Waals surface area contributed by atoms with E-state index in [9.17, 15) is 9.59 Å². The van der Waals surface area contributed by atoms with Gasteiger partial charge in [0.05, 0.1) is 6.04 Å². The Bertz CT molecular complexity index is 1640. The van der Waals surface area contributed by atoms with Crippen molar-refractivity contribution in [3.05, 3.63) is 105 Å². The number of amides is 3. The van der Waals surface area contributed by atoms with Crippen LogP contribution in [0.2, 0.25) is 10.0 Å². The molecule has 42 heavy (non-hydrogen) atoms. The van der Waals surface area contributed by atoms with Crippen LogP contribution in [-0.4, -0.2) is 48.0 Å². The lowest BCUT2D eigenvalue weighted by molar-refractivity contribution is 0.0709. The van der Waals surface area contributed by atoms with Gasteiger partial charge in [-0.25, -0.2) is 4.79 Å². The predicted octanol–water partition coefficient (Wildman–Crippen LogP) is 6.77. The first-order valence-electron chi connectivity index (χ1n) is 14.3. The highest BCUT2D eigenvalue weighted by molar-refractivity contribution is 6.35. The third-order valence-electron chi connectivity index (χ3n) is 8.55. The van der Waals surface area contributed by atoms with E-state index in [0.29, 0.717) is 22.2 Å². The standard InChI is InChI=1S/C33H33Cl2N5O2/c1-39(27-11-14-40(15-12-27)28-8-5-24-19-36-13-10-22(24)16-28)32(41)23-3-2-21-6-9-31(29(21)17-23)38-33(42)37-20-25-4-7-26(34)18-30(25)35/h2-5,7-8,10,13,16-19,27,31H,6,9,11-12,14-15,20H2,1H3,(H2,37,38,42). The van der Waals surface area contributed by atoms with Gasteiger partial charge in [-0.15, -0.1) is 0 Å². The number of urea groups is 1. The van der Waals surface area contributed by atoms with Crippen LogP contribution >= 0.6 is 23.2 Å². The molecule has 1 aromatic heterocycles. The summed E-state index contributed by atoms with van der Waals surface area (Å²) in [7, 11) is 1.91. The Hall–Kier alpha value is -3.81. The number of hydrogen-bond acceptors (Lipinski definition) is 4. The van der Waals surface area contributed by atoms with E-state index >= 15 is 0 Å². The first-order valence-corrected chi connectivity index (χ1v) is 15.1. The molecule has 1 atom stereocenters. The Kier molecular flexibility index (Phi) is 8.22. The average molecular weight is 603 g/mol. The number of pyridine rings is 1. The lowest BCUT2D eigenvalue weighted by atomic mass is 10.00. The number of hydrogen-bond donors (Lipinski definition) is 2. The first kappa shape index (κ1) is 28.3. The van der Waals surface area contributed by atoms with Gasteiger partial charge >= 0.3 is 6.03 Å². The molecule has 0 bridgehead atoms. The molecule has 7 nitrogen and oxygen atoms in total. The van der Waals surface area contributed by atoms with Gasteiger partial charge in [0.2, 0.25) is 0 Å². The van der Waals surface area contributed by atoms with Gasteiger partial charge in [0.15, 0.2) is 0 Å².